The number of rotatable bonds is 2. The molecule has 1 fully saturated rings. The third-order valence-electron chi connectivity index (χ3n) is 2.75. The van der Waals surface area contributed by atoms with Crippen LogP contribution in [-0.4, -0.2) is 26.1 Å². The zero-order valence-electron chi connectivity index (χ0n) is 9.14. The van der Waals surface area contributed by atoms with Crippen molar-refractivity contribution in [3.05, 3.63) is 28.5 Å². The lowest BCUT2D eigenvalue weighted by molar-refractivity contribution is -0.117. The van der Waals surface area contributed by atoms with Crippen LogP contribution in [0.2, 0.25) is 0 Å². The molecular formula is C10H10BrFN2O3S. The summed E-state index contributed by atoms with van der Waals surface area (Å²) in [5.74, 6) is -0.889. The molecule has 0 spiro atoms. The average molecular weight is 337 g/mol. The summed E-state index contributed by atoms with van der Waals surface area (Å²) in [6, 6.07) is 3.88. The first-order valence-electron chi connectivity index (χ1n) is 5.06. The number of hydrogen-bond acceptors (Lipinski definition) is 3. The van der Waals surface area contributed by atoms with Crippen LogP contribution in [0.1, 0.15) is 6.42 Å². The van der Waals surface area contributed by atoms with Gasteiger partial charge in [0.1, 0.15) is 11.1 Å². The van der Waals surface area contributed by atoms with Crippen LogP contribution < -0.4 is 10.0 Å². The van der Waals surface area contributed by atoms with Crippen molar-refractivity contribution in [2.24, 2.45) is 5.14 Å². The van der Waals surface area contributed by atoms with Gasteiger partial charge < -0.3 is 4.90 Å². The molecule has 0 saturated carbocycles. The molecule has 1 aliphatic rings. The Bertz CT molecular complexity index is 605. The maximum atomic E-state index is 13.2. The summed E-state index contributed by atoms with van der Waals surface area (Å²) in [6.45, 7) is -0.0558. The highest BCUT2D eigenvalue weighted by atomic mass is 79.9. The lowest BCUT2D eigenvalue weighted by Crippen LogP contribution is -2.32. The molecule has 0 aromatic heterocycles. The minimum absolute atomic E-state index is 0.0558. The molecule has 0 radical (unpaired) electrons. The molecular weight excluding hydrogens is 327 g/mol. The normalized spacial score (nSPS) is 20.5. The quantitative estimate of drug-likeness (QED) is 0.874. The van der Waals surface area contributed by atoms with E-state index in [-0.39, 0.29) is 18.9 Å². The predicted octanol–water partition coefficient (Wildman–Crippen LogP) is 0.982. The van der Waals surface area contributed by atoms with E-state index >= 15 is 0 Å². The number of carbonyl (C=O) groups is 1. The maximum absolute atomic E-state index is 13.2. The molecule has 1 aliphatic heterocycles. The van der Waals surface area contributed by atoms with Crippen LogP contribution in [0.4, 0.5) is 10.1 Å². The van der Waals surface area contributed by atoms with Crippen molar-refractivity contribution in [2.75, 3.05) is 11.4 Å². The van der Waals surface area contributed by atoms with E-state index in [0.717, 1.165) is 0 Å². The minimum Gasteiger partial charge on any atom is -0.310 e. The van der Waals surface area contributed by atoms with Crippen molar-refractivity contribution >= 4 is 37.5 Å². The summed E-state index contributed by atoms with van der Waals surface area (Å²) in [6.07, 6.45) is -0.179. The largest absolute Gasteiger partial charge is 0.310 e. The number of nitrogens with two attached hydrogens (primary N) is 1. The highest BCUT2D eigenvalue weighted by Crippen LogP contribution is 2.31. The molecule has 1 saturated heterocycles. The van der Waals surface area contributed by atoms with Crippen molar-refractivity contribution in [2.45, 2.75) is 11.7 Å². The predicted molar refractivity (Wildman–Crippen MR) is 68.0 cm³/mol. The Morgan fingerprint density at radius 1 is 1.44 bits per heavy atom. The Hall–Kier alpha value is -0.990. The Morgan fingerprint density at radius 2 is 2.11 bits per heavy atom. The van der Waals surface area contributed by atoms with Crippen molar-refractivity contribution in [1.29, 1.82) is 0 Å². The monoisotopic (exact) mass is 336 g/mol. The molecule has 1 heterocycles. The molecule has 98 valence electrons. The van der Waals surface area contributed by atoms with E-state index in [1.807, 2.05) is 0 Å². The fourth-order valence-electron chi connectivity index (χ4n) is 1.82. The summed E-state index contributed by atoms with van der Waals surface area (Å²) in [4.78, 5) is 13.0. The van der Waals surface area contributed by atoms with Gasteiger partial charge in [0.15, 0.2) is 0 Å². The summed E-state index contributed by atoms with van der Waals surface area (Å²) < 4.78 is 36.1. The van der Waals surface area contributed by atoms with Gasteiger partial charge in [-0.15, -0.1) is 0 Å². The highest BCUT2D eigenvalue weighted by Gasteiger charge is 2.37. The van der Waals surface area contributed by atoms with Crippen LogP contribution in [0.3, 0.4) is 0 Å². The molecule has 1 aromatic rings. The van der Waals surface area contributed by atoms with Gasteiger partial charge in [-0.1, -0.05) is 0 Å². The zero-order chi connectivity index (χ0) is 13.5. The van der Waals surface area contributed by atoms with Crippen LogP contribution in [0.25, 0.3) is 0 Å². The maximum Gasteiger partial charge on any atom is 0.228 e. The molecule has 5 nitrogen and oxygen atoms in total. The zero-order valence-corrected chi connectivity index (χ0v) is 11.5. The Kier molecular flexibility index (Phi) is 3.43. The third kappa shape index (κ3) is 2.55. The van der Waals surface area contributed by atoms with Crippen LogP contribution in [0.15, 0.2) is 22.7 Å². The van der Waals surface area contributed by atoms with Gasteiger partial charge in [-0.05, 0) is 34.1 Å². The first-order valence-corrected chi connectivity index (χ1v) is 7.46. The van der Waals surface area contributed by atoms with Crippen LogP contribution in [-0.2, 0) is 14.8 Å². The van der Waals surface area contributed by atoms with Gasteiger partial charge >= 0.3 is 0 Å². The van der Waals surface area contributed by atoms with Gasteiger partial charge in [0.2, 0.25) is 15.9 Å². The van der Waals surface area contributed by atoms with E-state index in [1.54, 1.807) is 0 Å². The van der Waals surface area contributed by atoms with E-state index < -0.39 is 21.1 Å². The Labute approximate surface area is 112 Å². The number of carbonyl (C=O) groups excluding carboxylic acids is 1. The minimum atomic E-state index is -3.77. The van der Waals surface area contributed by atoms with E-state index in [9.17, 15) is 17.6 Å². The highest BCUT2D eigenvalue weighted by molar-refractivity contribution is 9.10. The lowest BCUT2D eigenvalue weighted by Gasteiger charge is -2.18. The van der Waals surface area contributed by atoms with Crippen molar-refractivity contribution in [1.82, 2.24) is 0 Å². The summed E-state index contributed by atoms with van der Waals surface area (Å²) in [5, 5.41) is 4.07. The Morgan fingerprint density at radius 3 is 2.67 bits per heavy atom. The summed E-state index contributed by atoms with van der Waals surface area (Å²) in [5.41, 5.74) is 0.311. The van der Waals surface area contributed by atoms with Crippen molar-refractivity contribution < 1.29 is 17.6 Å². The van der Waals surface area contributed by atoms with Gasteiger partial charge in [0.25, 0.3) is 0 Å². The molecule has 0 bridgehead atoms. The fraction of sp³-hybridized carbons (Fsp3) is 0.300. The molecule has 8 heteroatoms. The number of nitrogens with zero attached hydrogens (tertiary/aromatic N) is 1. The third-order valence-corrected chi connectivity index (χ3v) is 4.67. The standard InChI is InChI=1S/C10H10BrFN2O3S/c11-8-2-1-6(12)3-9(8)14-5-7(4-10(14)15)18(13,16)17/h1-3,7H,4-5H2,(H2,13,16,17). The number of amides is 1. The second kappa shape index (κ2) is 4.60. The van der Waals surface area contributed by atoms with Gasteiger partial charge in [-0.3, -0.25) is 4.79 Å². The lowest BCUT2D eigenvalue weighted by atomic mass is 10.3. The SMILES string of the molecule is NS(=O)(=O)C1CC(=O)N(c2cc(F)ccc2Br)C1. The number of benzene rings is 1. The molecule has 1 unspecified atom stereocenters. The number of primary sulfonamides is 1. The second-order valence-electron chi connectivity index (χ2n) is 4.02. The first-order chi connectivity index (χ1) is 8.29. The van der Waals surface area contributed by atoms with E-state index in [0.29, 0.717) is 10.2 Å². The van der Waals surface area contributed by atoms with Crippen molar-refractivity contribution in [3.63, 3.8) is 0 Å². The average Bonchev–Trinajstić information content (AvgIpc) is 2.64. The number of sulfonamides is 1. The second-order valence-corrected chi connectivity index (χ2v) is 6.71. The van der Waals surface area contributed by atoms with Gasteiger partial charge in [-0.25, -0.2) is 17.9 Å². The number of anilines is 1. The van der Waals surface area contributed by atoms with Crippen LogP contribution >= 0.6 is 15.9 Å². The molecule has 2 N–H and O–H groups in total. The summed E-state index contributed by atoms with van der Waals surface area (Å²) in [7, 11) is -3.77. The number of halogens is 2. The van der Waals surface area contributed by atoms with Crippen LogP contribution in [0, 0.1) is 5.82 Å². The first kappa shape index (κ1) is 13.4. The van der Waals surface area contributed by atoms with E-state index in [4.69, 9.17) is 5.14 Å². The molecule has 2 rings (SSSR count). The van der Waals surface area contributed by atoms with Crippen LogP contribution in [0.5, 0.6) is 0 Å². The fourth-order valence-corrected chi connectivity index (χ4v) is 3.01. The van der Waals surface area contributed by atoms with Crippen molar-refractivity contribution in [3.8, 4) is 0 Å². The smallest absolute Gasteiger partial charge is 0.228 e. The van der Waals surface area contributed by atoms with Gasteiger partial charge in [-0.2, -0.15) is 0 Å². The molecule has 18 heavy (non-hydrogen) atoms. The van der Waals surface area contributed by atoms with E-state index in [2.05, 4.69) is 15.9 Å². The van der Waals surface area contributed by atoms with E-state index in [1.165, 1.54) is 23.1 Å². The summed E-state index contributed by atoms with van der Waals surface area (Å²) >= 11 is 3.20. The Balaban J connectivity index is 2.35. The molecule has 1 aromatic carbocycles. The number of hydrogen-bond donors (Lipinski definition) is 1. The molecule has 1 amide bonds. The molecule has 0 aliphatic carbocycles. The topological polar surface area (TPSA) is 80.5 Å². The van der Waals surface area contributed by atoms with Gasteiger partial charge in [0.05, 0.1) is 5.69 Å². The van der Waals surface area contributed by atoms with Gasteiger partial charge in [0, 0.05) is 17.4 Å². The molecule has 1 atom stereocenters.